The van der Waals surface area contributed by atoms with Crippen molar-refractivity contribution in [2.24, 2.45) is 5.41 Å². The van der Waals surface area contributed by atoms with E-state index >= 15 is 0 Å². The van der Waals surface area contributed by atoms with Crippen LogP contribution in [-0.2, 0) is 4.74 Å². The summed E-state index contributed by atoms with van der Waals surface area (Å²) in [6.07, 6.45) is 2.69. The van der Waals surface area contributed by atoms with E-state index < -0.39 is 0 Å². The van der Waals surface area contributed by atoms with Crippen LogP contribution in [0.2, 0.25) is 0 Å². The first-order chi connectivity index (χ1) is 8.04. The van der Waals surface area contributed by atoms with E-state index in [1.54, 1.807) is 0 Å². The minimum Gasteiger partial charge on any atom is -0.379 e. The van der Waals surface area contributed by atoms with E-state index in [1.807, 2.05) is 0 Å². The second kappa shape index (κ2) is 5.68. The van der Waals surface area contributed by atoms with Gasteiger partial charge in [0, 0.05) is 25.7 Å². The normalized spacial score (nSPS) is 26.3. The molecule has 0 aromatic rings. The van der Waals surface area contributed by atoms with Gasteiger partial charge >= 0.3 is 0 Å². The Morgan fingerprint density at radius 2 is 1.59 bits per heavy atom. The Kier molecular flexibility index (Phi) is 4.45. The van der Waals surface area contributed by atoms with E-state index in [0.717, 1.165) is 32.3 Å². The quantitative estimate of drug-likeness (QED) is 0.732. The molecule has 3 nitrogen and oxygen atoms in total. The molecule has 2 aliphatic heterocycles. The fourth-order valence-electron chi connectivity index (χ4n) is 3.06. The zero-order valence-electron chi connectivity index (χ0n) is 11.7. The highest BCUT2D eigenvalue weighted by Crippen LogP contribution is 2.22. The van der Waals surface area contributed by atoms with Gasteiger partial charge in [0.1, 0.15) is 0 Å². The molecule has 2 aliphatic rings. The van der Waals surface area contributed by atoms with Crippen LogP contribution in [0.15, 0.2) is 0 Å². The second-order valence-electron chi connectivity index (χ2n) is 6.72. The molecule has 0 amide bonds. The van der Waals surface area contributed by atoms with Crippen molar-refractivity contribution in [1.29, 1.82) is 0 Å². The Morgan fingerprint density at radius 3 is 2.12 bits per heavy atom. The van der Waals surface area contributed by atoms with Gasteiger partial charge in [-0.2, -0.15) is 0 Å². The summed E-state index contributed by atoms with van der Waals surface area (Å²) >= 11 is 0. The topological polar surface area (TPSA) is 15.7 Å². The van der Waals surface area contributed by atoms with Crippen LogP contribution in [0.25, 0.3) is 0 Å². The Balaban J connectivity index is 1.73. The molecule has 0 aromatic heterocycles. The molecule has 0 bridgehead atoms. The summed E-state index contributed by atoms with van der Waals surface area (Å²) in [4.78, 5) is 5.27. The minimum absolute atomic E-state index is 0.436. The molecular weight excluding hydrogens is 212 g/mol. The number of rotatable bonds is 2. The average molecular weight is 240 g/mol. The van der Waals surface area contributed by atoms with Crippen molar-refractivity contribution in [3.63, 3.8) is 0 Å². The van der Waals surface area contributed by atoms with Crippen LogP contribution in [0.3, 0.4) is 0 Å². The van der Waals surface area contributed by atoms with Crippen LogP contribution in [-0.4, -0.2) is 61.8 Å². The summed E-state index contributed by atoms with van der Waals surface area (Å²) in [7, 11) is 0. The third-order valence-electron chi connectivity index (χ3n) is 3.82. The Labute approximate surface area is 106 Å². The highest BCUT2D eigenvalue weighted by atomic mass is 16.5. The SMILES string of the molecule is CC(C)(C)CN1CCC(N2CCOCC2)CC1. The highest BCUT2D eigenvalue weighted by Gasteiger charge is 2.27. The zero-order valence-corrected chi connectivity index (χ0v) is 11.7. The lowest BCUT2D eigenvalue weighted by molar-refractivity contribution is -0.00159. The lowest BCUT2D eigenvalue weighted by atomic mass is 9.94. The Morgan fingerprint density at radius 1 is 1.00 bits per heavy atom. The van der Waals surface area contributed by atoms with E-state index in [0.29, 0.717) is 5.41 Å². The van der Waals surface area contributed by atoms with Gasteiger partial charge in [-0.05, 0) is 31.3 Å². The molecule has 0 saturated carbocycles. The van der Waals surface area contributed by atoms with E-state index in [4.69, 9.17) is 4.74 Å². The number of piperidine rings is 1. The van der Waals surface area contributed by atoms with Crippen LogP contribution < -0.4 is 0 Å². The molecule has 2 fully saturated rings. The molecule has 0 N–H and O–H groups in total. The molecule has 0 spiro atoms. The third kappa shape index (κ3) is 4.23. The standard InChI is InChI=1S/C14H28N2O/c1-14(2,3)12-15-6-4-13(5-7-15)16-8-10-17-11-9-16/h13H,4-12H2,1-3H3. The maximum absolute atomic E-state index is 5.43. The van der Waals surface area contributed by atoms with E-state index in [2.05, 4.69) is 30.6 Å². The van der Waals surface area contributed by atoms with Crippen molar-refractivity contribution < 1.29 is 4.74 Å². The predicted molar refractivity (Wildman–Crippen MR) is 71.3 cm³/mol. The molecule has 0 unspecified atom stereocenters. The van der Waals surface area contributed by atoms with Gasteiger partial charge in [0.2, 0.25) is 0 Å². The summed E-state index contributed by atoms with van der Waals surface area (Å²) in [5.74, 6) is 0. The maximum Gasteiger partial charge on any atom is 0.0594 e. The van der Waals surface area contributed by atoms with Crippen LogP contribution in [0.5, 0.6) is 0 Å². The van der Waals surface area contributed by atoms with Gasteiger partial charge < -0.3 is 9.64 Å². The maximum atomic E-state index is 5.43. The molecule has 17 heavy (non-hydrogen) atoms. The first-order valence-corrected chi connectivity index (χ1v) is 7.09. The number of hydrogen-bond donors (Lipinski definition) is 0. The van der Waals surface area contributed by atoms with E-state index in [1.165, 1.54) is 32.5 Å². The number of ether oxygens (including phenoxy) is 1. The van der Waals surface area contributed by atoms with Gasteiger partial charge in [0.25, 0.3) is 0 Å². The smallest absolute Gasteiger partial charge is 0.0594 e. The van der Waals surface area contributed by atoms with Crippen molar-refractivity contribution in [3.8, 4) is 0 Å². The summed E-state index contributed by atoms with van der Waals surface area (Å²) in [6, 6.07) is 0.815. The summed E-state index contributed by atoms with van der Waals surface area (Å²) in [5.41, 5.74) is 0.436. The molecule has 0 radical (unpaired) electrons. The van der Waals surface area contributed by atoms with Gasteiger partial charge in [0.15, 0.2) is 0 Å². The highest BCUT2D eigenvalue weighted by molar-refractivity contribution is 4.82. The fraction of sp³-hybridized carbons (Fsp3) is 1.00. The van der Waals surface area contributed by atoms with Crippen LogP contribution in [0.1, 0.15) is 33.6 Å². The molecule has 0 atom stereocenters. The van der Waals surface area contributed by atoms with E-state index in [-0.39, 0.29) is 0 Å². The van der Waals surface area contributed by atoms with Crippen LogP contribution in [0.4, 0.5) is 0 Å². The van der Waals surface area contributed by atoms with Gasteiger partial charge in [-0.25, -0.2) is 0 Å². The average Bonchev–Trinajstić information content (AvgIpc) is 2.29. The molecule has 0 aromatic carbocycles. The molecule has 0 aliphatic carbocycles. The first kappa shape index (κ1) is 13.3. The van der Waals surface area contributed by atoms with E-state index in [9.17, 15) is 0 Å². The summed E-state index contributed by atoms with van der Waals surface area (Å²) in [5, 5.41) is 0. The number of nitrogens with zero attached hydrogens (tertiary/aromatic N) is 2. The third-order valence-corrected chi connectivity index (χ3v) is 3.82. The van der Waals surface area contributed by atoms with Crippen molar-refractivity contribution in [3.05, 3.63) is 0 Å². The summed E-state index contributed by atoms with van der Waals surface area (Å²) < 4.78 is 5.43. The van der Waals surface area contributed by atoms with Gasteiger partial charge in [-0.15, -0.1) is 0 Å². The fourth-order valence-corrected chi connectivity index (χ4v) is 3.06. The Bertz CT molecular complexity index is 223. The largest absolute Gasteiger partial charge is 0.379 e. The molecule has 2 heterocycles. The number of morpholine rings is 1. The lowest BCUT2D eigenvalue weighted by Gasteiger charge is -2.41. The van der Waals surface area contributed by atoms with Gasteiger partial charge in [-0.3, -0.25) is 4.90 Å². The zero-order chi connectivity index (χ0) is 12.3. The monoisotopic (exact) mass is 240 g/mol. The minimum atomic E-state index is 0.436. The molecule has 3 heteroatoms. The van der Waals surface area contributed by atoms with Gasteiger partial charge in [-0.1, -0.05) is 20.8 Å². The second-order valence-corrected chi connectivity index (χ2v) is 6.72. The lowest BCUT2D eigenvalue weighted by Crippen LogP contribution is -2.50. The number of hydrogen-bond acceptors (Lipinski definition) is 3. The Hall–Kier alpha value is -0.120. The van der Waals surface area contributed by atoms with Crippen molar-refractivity contribution >= 4 is 0 Å². The van der Waals surface area contributed by atoms with Crippen molar-refractivity contribution in [2.45, 2.75) is 39.7 Å². The molecular formula is C14H28N2O. The van der Waals surface area contributed by atoms with Crippen LogP contribution >= 0.6 is 0 Å². The predicted octanol–water partition coefficient (Wildman–Crippen LogP) is 1.83. The van der Waals surface area contributed by atoms with Crippen molar-refractivity contribution in [1.82, 2.24) is 9.80 Å². The molecule has 2 saturated heterocycles. The molecule has 2 rings (SSSR count). The number of likely N-dealkylation sites (tertiary alicyclic amines) is 1. The van der Waals surface area contributed by atoms with Gasteiger partial charge in [0.05, 0.1) is 13.2 Å². The summed E-state index contributed by atoms with van der Waals surface area (Å²) in [6.45, 7) is 14.9. The van der Waals surface area contributed by atoms with Crippen molar-refractivity contribution in [2.75, 3.05) is 45.9 Å². The molecule has 100 valence electrons. The van der Waals surface area contributed by atoms with Crippen LogP contribution in [0, 0.1) is 5.41 Å². The first-order valence-electron chi connectivity index (χ1n) is 7.09.